The third-order valence-electron chi connectivity index (χ3n) is 0. The van der Waals surface area contributed by atoms with E-state index in [1.165, 1.54) is 0 Å². The van der Waals surface area contributed by atoms with Gasteiger partial charge in [-0.05, 0) is 0 Å². The summed E-state index contributed by atoms with van der Waals surface area (Å²) < 4.78 is 8.88. The summed E-state index contributed by atoms with van der Waals surface area (Å²) >= 11 is 5.51. The predicted octanol–water partition coefficient (Wildman–Crippen LogP) is -1.27. The van der Waals surface area contributed by atoms with Crippen molar-refractivity contribution < 1.29 is 38.2 Å². The average molecular weight is 498 g/mol. The second-order valence-corrected chi connectivity index (χ2v) is 1.54. The van der Waals surface area contributed by atoms with Crippen molar-refractivity contribution in [2.24, 2.45) is 0 Å². The molecular formula is H6AgBiBrO4P. The average Bonchev–Trinajstić information content (AvgIpc) is 1.36. The molecule has 0 amide bonds. The SMILES string of the molecule is O=P(O)(O)O.[BiH3].[Br][Ag]. The van der Waals surface area contributed by atoms with E-state index in [2.05, 4.69) is 32.0 Å². The molecule has 0 heterocycles. The Hall–Kier alpha value is 2.21. The Bertz CT molecular complexity index is 62.2. The Kier molecular flexibility index (Phi) is 19.2. The third kappa shape index (κ3) is 87.2. The van der Waals surface area contributed by atoms with Crippen molar-refractivity contribution in [3.05, 3.63) is 0 Å². The van der Waals surface area contributed by atoms with E-state index in [-0.39, 0.29) is 26.2 Å². The molecule has 0 saturated heterocycles. The molecule has 58 valence electrons. The Balaban J connectivity index is -0.0000000750. The van der Waals surface area contributed by atoms with Crippen LogP contribution in [-0.2, 0) is 23.5 Å². The van der Waals surface area contributed by atoms with E-state index < -0.39 is 7.82 Å². The van der Waals surface area contributed by atoms with Gasteiger partial charge >= 0.3 is 66.0 Å². The van der Waals surface area contributed by atoms with Gasteiger partial charge in [0.05, 0.1) is 0 Å². The first-order valence-electron chi connectivity index (χ1n) is 0.897. The van der Waals surface area contributed by atoms with Crippen LogP contribution in [0.2, 0.25) is 0 Å². The molecule has 0 fully saturated rings. The van der Waals surface area contributed by atoms with Crippen LogP contribution in [0.25, 0.3) is 0 Å². The molecule has 0 aromatic rings. The normalized spacial score (nSPS) is 8.25. The predicted molar refractivity (Wildman–Crippen MR) is 33.1 cm³/mol. The minimum atomic E-state index is -4.64. The van der Waals surface area contributed by atoms with Gasteiger partial charge in [-0.15, -0.1) is 0 Å². The summed E-state index contributed by atoms with van der Waals surface area (Å²) in [5.74, 6) is 0. The third-order valence-corrected chi connectivity index (χ3v) is 0. The molecular weight excluding hydrogens is 492 g/mol. The van der Waals surface area contributed by atoms with E-state index in [4.69, 9.17) is 19.2 Å². The van der Waals surface area contributed by atoms with Crippen LogP contribution < -0.4 is 0 Å². The summed E-state index contributed by atoms with van der Waals surface area (Å²) in [4.78, 5) is 21.6. The van der Waals surface area contributed by atoms with Gasteiger partial charge in [-0.2, -0.15) is 0 Å². The molecule has 0 aliphatic heterocycles. The van der Waals surface area contributed by atoms with Gasteiger partial charge in [0.2, 0.25) is 0 Å². The molecule has 0 spiro atoms. The molecule has 0 aliphatic rings. The number of hydrogen-bond donors (Lipinski definition) is 3. The maximum atomic E-state index is 8.88. The Morgan fingerprint density at radius 3 is 1.25 bits per heavy atom. The van der Waals surface area contributed by atoms with Gasteiger partial charge < -0.3 is 14.7 Å². The molecule has 0 aliphatic carbocycles. The van der Waals surface area contributed by atoms with Crippen LogP contribution in [0.15, 0.2) is 0 Å². The van der Waals surface area contributed by atoms with Gasteiger partial charge in [0.15, 0.2) is 0 Å². The zero-order chi connectivity index (χ0) is 6.50. The van der Waals surface area contributed by atoms with Crippen LogP contribution in [0.5, 0.6) is 0 Å². The summed E-state index contributed by atoms with van der Waals surface area (Å²) in [6, 6.07) is 0. The second-order valence-electron chi connectivity index (χ2n) is 0.513. The van der Waals surface area contributed by atoms with Gasteiger partial charge in [-0.1, -0.05) is 0 Å². The molecule has 0 rings (SSSR count). The molecule has 3 N–H and O–H groups in total. The molecule has 0 saturated carbocycles. The summed E-state index contributed by atoms with van der Waals surface area (Å²) in [5, 5.41) is 0. The van der Waals surface area contributed by atoms with Crippen LogP contribution in [0.1, 0.15) is 0 Å². The van der Waals surface area contributed by atoms with Gasteiger partial charge in [0, 0.05) is 0 Å². The molecule has 0 aromatic heterocycles. The van der Waals surface area contributed by atoms with Crippen LogP contribution in [0, 0.1) is 0 Å². The van der Waals surface area contributed by atoms with Crippen LogP contribution in [-0.4, -0.2) is 40.9 Å². The first-order valence-corrected chi connectivity index (χ1v) is 5.85. The number of hydrogen-bond acceptors (Lipinski definition) is 1. The van der Waals surface area contributed by atoms with Crippen molar-refractivity contribution in [3.63, 3.8) is 0 Å². The zero-order valence-electron chi connectivity index (χ0n) is 3.58. The van der Waals surface area contributed by atoms with E-state index in [1.807, 2.05) is 0 Å². The standard InChI is InChI=1S/Ag.Bi.BrH.H3O4P.3H/c;;;1-5(2,3)4;;;/h;;1H;(H3,1,2,3,4);;;/q+1;;;;;;/p-1. The number of phosphoric acid groups is 1. The summed E-state index contributed by atoms with van der Waals surface area (Å²) in [6.07, 6.45) is 0. The zero-order valence-corrected chi connectivity index (χ0v) is 13.0. The fourth-order valence-corrected chi connectivity index (χ4v) is 0. The van der Waals surface area contributed by atoms with Gasteiger partial charge in [-0.25, -0.2) is 4.57 Å². The first kappa shape index (κ1) is 16.7. The molecule has 0 radical (unpaired) electrons. The molecule has 0 bridgehead atoms. The quantitative estimate of drug-likeness (QED) is 0.288. The van der Waals surface area contributed by atoms with E-state index >= 15 is 0 Å². The Morgan fingerprint density at radius 1 is 1.25 bits per heavy atom. The summed E-state index contributed by atoms with van der Waals surface area (Å²) in [7, 11) is -4.64. The van der Waals surface area contributed by atoms with E-state index in [1.54, 1.807) is 0 Å². The van der Waals surface area contributed by atoms with Crippen LogP contribution in [0.4, 0.5) is 0 Å². The van der Waals surface area contributed by atoms with Crippen molar-refractivity contribution >= 4 is 47.1 Å². The van der Waals surface area contributed by atoms with Gasteiger partial charge in [-0.3, -0.25) is 0 Å². The van der Waals surface area contributed by atoms with Crippen molar-refractivity contribution in [1.29, 1.82) is 0 Å². The monoisotopic (exact) mass is 496 g/mol. The summed E-state index contributed by atoms with van der Waals surface area (Å²) in [6.45, 7) is 0. The number of rotatable bonds is 0. The Morgan fingerprint density at radius 2 is 1.25 bits per heavy atom. The molecule has 4 nitrogen and oxygen atoms in total. The Labute approximate surface area is 84.3 Å². The fourth-order valence-electron chi connectivity index (χ4n) is 0. The van der Waals surface area contributed by atoms with Crippen molar-refractivity contribution in [1.82, 2.24) is 0 Å². The van der Waals surface area contributed by atoms with Gasteiger partial charge in [0.1, 0.15) is 0 Å². The van der Waals surface area contributed by atoms with Crippen molar-refractivity contribution in [3.8, 4) is 0 Å². The van der Waals surface area contributed by atoms with E-state index in [0.717, 1.165) is 0 Å². The van der Waals surface area contributed by atoms with Crippen molar-refractivity contribution in [2.45, 2.75) is 0 Å². The topological polar surface area (TPSA) is 77.8 Å². The summed E-state index contributed by atoms with van der Waals surface area (Å²) in [5.41, 5.74) is 0. The molecule has 0 aromatic carbocycles. The van der Waals surface area contributed by atoms with Crippen molar-refractivity contribution in [2.75, 3.05) is 0 Å². The molecule has 8 heteroatoms. The van der Waals surface area contributed by atoms with Gasteiger partial charge in [0.25, 0.3) is 0 Å². The van der Waals surface area contributed by atoms with E-state index in [0.29, 0.717) is 0 Å². The van der Waals surface area contributed by atoms with E-state index in [9.17, 15) is 0 Å². The van der Waals surface area contributed by atoms with Crippen LogP contribution in [0.3, 0.4) is 0 Å². The number of halogens is 1. The first-order chi connectivity index (χ1) is 3.00. The molecule has 0 unspecified atom stereocenters. The fraction of sp³-hybridized carbons (Fsp3) is 0. The maximum absolute atomic E-state index is 8.88. The molecule has 8 heavy (non-hydrogen) atoms. The van der Waals surface area contributed by atoms with Crippen LogP contribution >= 0.6 is 20.8 Å². The second kappa shape index (κ2) is 9.21. The minimum absolute atomic E-state index is 0. The molecule has 0 atom stereocenters.